The van der Waals surface area contributed by atoms with Crippen LogP contribution in [0.5, 0.6) is 0 Å². The molecule has 0 radical (unpaired) electrons. The lowest BCUT2D eigenvalue weighted by atomic mass is 9.87. The predicted octanol–water partition coefficient (Wildman–Crippen LogP) is 10.7. The summed E-state index contributed by atoms with van der Waals surface area (Å²) in [5, 5.41) is 10.4. The molecule has 0 aliphatic heterocycles. The van der Waals surface area contributed by atoms with Gasteiger partial charge in [0.15, 0.2) is 0 Å². The molecule has 0 heterocycles. The zero-order valence-corrected chi connectivity index (χ0v) is 20.9. The van der Waals surface area contributed by atoms with Gasteiger partial charge in [-0.25, -0.2) is 0 Å². The summed E-state index contributed by atoms with van der Waals surface area (Å²) in [6, 6.07) is 53.4. The summed E-state index contributed by atoms with van der Waals surface area (Å²) >= 11 is 0. The Morgan fingerprint density at radius 1 is 0.263 bits per heavy atom. The molecule has 0 N–H and O–H groups in total. The third kappa shape index (κ3) is 3.31. The highest BCUT2D eigenvalue weighted by atomic mass is 14.2. The van der Waals surface area contributed by atoms with Crippen LogP contribution in [0.25, 0.3) is 76.5 Å². The van der Waals surface area contributed by atoms with Gasteiger partial charge in [-0.1, -0.05) is 121 Å². The van der Waals surface area contributed by atoms with E-state index in [9.17, 15) is 0 Å². The van der Waals surface area contributed by atoms with Gasteiger partial charge in [0.2, 0.25) is 0 Å². The zero-order valence-electron chi connectivity index (χ0n) is 20.9. The zero-order chi connectivity index (χ0) is 25.1. The van der Waals surface area contributed by atoms with Gasteiger partial charge >= 0.3 is 0 Å². The molecule has 0 spiro atoms. The van der Waals surface area contributed by atoms with Crippen LogP contribution in [0.4, 0.5) is 0 Å². The molecule has 0 saturated carbocycles. The van der Waals surface area contributed by atoms with E-state index in [2.05, 4.69) is 146 Å². The van der Waals surface area contributed by atoms with E-state index in [4.69, 9.17) is 0 Å². The first-order valence-corrected chi connectivity index (χ1v) is 13.2. The molecule has 0 aliphatic rings. The van der Waals surface area contributed by atoms with E-state index in [1.165, 1.54) is 76.5 Å². The van der Waals surface area contributed by atoms with Crippen molar-refractivity contribution in [2.75, 3.05) is 0 Å². The maximum absolute atomic E-state index is 2.36. The highest BCUT2D eigenvalue weighted by Gasteiger charge is 2.14. The van der Waals surface area contributed by atoms with E-state index in [1.807, 2.05) is 0 Å². The van der Waals surface area contributed by atoms with Crippen molar-refractivity contribution in [2.45, 2.75) is 0 Å². The fourth-order valence-electron chi connectivity index (χ4n) is 6.10. The summed E-state index contributed by atoms with van der Waals surface area (Å²) in [5.41, 5.74) is 7.45. The third-order valence-electron chi connectivity index (χ3n) is 7.96. The lowest BCUT2D eigenvalue weighted by Crippen LogP contribution is -1.89. The number of fused-ring (bicyclic) bond motifs is 1. The van der Waals surface area contributed by atoms with Gasteiger partial charge in [-0.2, -0.15) is 0 Å². The van der Waals surface area contributed by atoms with Crippen molar-refractivity contribution < 1.29 is 0 Å². The molecule has 8 aromatic rings. The SMILES string of the molecule is c1ccc(-c2cc(-c3ccc4ccccc4c3)cc(-c3ccc4ccc5cccc6ccc3c4c56)c2)cc1. The van der Waals surface area contributed by atoms with Gasteiger partial charge in [-0.3, -0.25) is 0 Å². The van der Waals surface area contributed by atoms with Gasteiger partial charge in [-0.15, -0.1) is 0 Å². The second kappa shape index (κ2) is 8.30. The Balaban J connectivity index is 1.42. The monoisotopic (exact) mass is 480 g/mol. The van der Waals surface area contributed by atoms with Crippen molar-refractivity contribution in [3.8, 4) is 33.4 Å². The Hall–Kier alpha value is -4.94. The van der Waals surface area contributed by atoms with Crippen molar-refractivity contribution >= 4 is 43.1 Å². The first-order chi connectivity index (χ1) is 18.8. The summed E-state index contributed by atoms with van der Waals surface area (Å²) in [5.74, 6) is 0. The molecule has 0 nitrogen and oxygen atoms in total. The van der Waals surface area contributed by atoms with Crippen LogP contribution in [-0.2, 0) is 0 Å². The Morgan fingerprint density at radius 2 is 0.842 bits per heavy atom. The van der Waals surface area contributed by atoms with Crippen molar-refractivity contribution in [1.82, 2.24) is 0 Å². The van der Waals surface area contributed by atoms with Crippen LogP contribution in [0.15, 0.2) is 146 Å². The van der Waals surface area contributed by atoms with Crippen LogP contribution in [0.2, 0.25) is 0 Å². The van der Waals surface area contributed by atoms with Crippen molar-refractivity contribution in [1.29, 1.82) is 0 Å². The second-order valence-electron chi connectivity index (χ2n) is 10.2. The molecule has 176 valence electrons. The van der Waals surface area contributed by atoms with E-state index < -0.39 is 0 Å². The Labute approximate surface area is 221 Å². The predicted molar refractivity (Wildman–Crippen MR) is 164 cm³/mol. The maximum atomic E-state index is 2.36. The molecule has 8 aromatic carbocycles. The van der Waals surface area contributed by atoms with Crippen LogP contribution in [0.1, 0.15) is 0 Å². The number of benzene rings is 8. The molecule has 0 unspecified atom stereocenters. The van der Waals surface area contributed by atoms with E-state index in [0.717, 1.165) is 0 Å². The molecule has 0 fully saturated rings. The van der Waals surface area contributed by atoms with E-state index in [0.29, 0.717) is 0 Å². The van der Waals surface area contributed by atoms with Crippen LogP contribution < -0.4 is 0 Å². The topological polar surface area (TPSA) is 0 Å². The van der Waals surface area contributed by atoms with Gasteiger partial charge in [0.25, 0.3) is 0 Å². The Bertz CT molecular complexity index is 2100. The van der Waals surface area contributed by atoms with E-state index in [1.54, 1.807) is 0 Å². The van der Waals surface area contributed by atoms with Crippen molar-refractivity contribution in [2.24, 2.45) is 0 Å². The molecular formula is C38H24. The average molecular weight is 481 g/mol. The molecule has 0 bridgehead atoms. The van der Waals surface area contributed by atoms with Gasteiger partial charge in [0, 0.05) is 0 Å². The number of rotatable bonds is 3. The lowest BCUT2D eigenvalue weighted by molar-refractivity contribution is 1.59. The second-order valence-corrected chi connectivity index (χ2v) is 10.2. The molecule has 8 rings (SSSR count). The minimum Gasteiger partial charge on any atom is -0.0622 e. The number of hydrogen-bond donors (Lipinski definition) is 0. The lowest BCUT2D eigenvalue weighted by Gasteiger charge is -2.16. The summed E-state index contributed by atoms with van der Waals surface area (Å²) < 4.78 is 0. The quantitative estimate of drug-likeness (QED) is 0.221. The average Bonchev–Trinajstić information content (AvgIpc) is 3.00. The van der Waals surface area contributed by atoms with Crippen LogP contribution in [-0.4, -0.2) is 0 Å². The fourth-order valence-corrected chi connectivity index (χ4v) is 6.10. The van der Waals surface area contributed by atoms with Gasteiger partial charge < -0.3 is 0 Å². The fraction of sp³-hybridized carbons (Fsp3) is 0. The minimum absolute atomic E-state index is 1.23. The van der Waals surface area contributed by atoms with Crippen molar-refractivity contribution in [3.05, 3.63) is 146 Å². The smallest absolute Gasteiger partial charge is 0.00206 e. The molecule has 38 heavy (non-hydrogen) atoms. The van der Waals surface area contributed by atoms with Crippen molar-refractivity contribution in [3.63, 3.8) is 0 Å². The summed E-state index contributed by atoms with van der Waals surface area (Å²) in [4.78, 5) is 0. The largest absolute Gasteiger partial charge is 0.0622 e. The highest BCUT2D eigenvalue weighted by Crippen LogP contribution is 2.41. The minimum atomic E-state index is 1.23. The maximum Gasteiger partial charge on any atom is -0.00206 e. The first-order valence-electron chi connectivity index (χ1n) is 13.2. The third-order valence-corrected chi connectivity index (χ3v) is 7.96. The molecule has 0 saturated heterocycles. The Kier molecular flexibility index (Phi) is 4.62. The molecule has 0 aromatic heterocycles. The number of hydrogen-bond acceptors (Lipinski definition) is 0. The molecule has 0 amide bonds. The molecular weight excluding hydrogens is 456 g/mol. The Morgan fingerprint density at radius 3 is 1.66 bits per heavy atom. The van der Waals surface area contributed by atoms with E-state index in [-0.39, 0.29) is 0 Å². The summed E-state index contributed by atoms with van der Waals surface area (Å²) in [6.07, 6.45) is 0. The van der Waals surface area contributed by atoms with Gasteiger partial charge in [0.05, 0.1) is 0 Å². The molecule has 0 aliphatic carbocycles. The molecule has 0 heteroatoms. The van der Waals surface area contributed by atoms with Crippen LogP contribution >= 0.6 is 0 Å². The molecule has 0 atom stereocenters. The van der Waals surface area contributed by atoms with Gasteiger partial charge in [0.1, 0.15) is 0 Å². The van der Waals surface area contributed by atoms with Crippen LogP contribution in [0, 0.1) is 0 Å². The summed E-state index contributed by atoms with van der Waals surface area (Å²) in [6.45, 7) is 0. The van der Waals surface area contributed by atoms with Crippen LogP contribution in [0.3, 0.4) is 0 Å². The standard InChI is InChI=1S/C38H24/c1-2-7-25(8-3-1)32-22-33(31-16-13-26-9-4-5-10-30(26)21-31)24-34(23-32)35-19-17-29-15-14-27-11-6-12-28-18-20-36(35)38(29)37(27)28/h1-24H. The normalized spacial score (nSPS) is 11.7. The first kappa shape index (κ1) is 21.2. The summed E-state index contributed by atoms with van der Waals surface area (Å²) in [7, 11) is 0. The van der Waals surface area contributed by atoms with E-state index >= 15 is 0 Å². The highest BCUT2D eigenvalue weighted by molar-refractivity contribution is 6.25. The van der Waals surface area contributed by atoms with Gasteiger partial charge in [-0.05, 0) is 101 Å².